The zero-order valence-electron chi connectivity index (χ0n) is 17.8. The van der Waals surface area contributed by atoms with Crippen LogP contribution in [0.2, 0.25) is 0 Å². The van der Waals surface area contributed by atoms with Gasteiger partial charge in [-0.25, -0.2) is 9.78 Å². The van der Waals surface area contributed by atoms with E-state index in [1.807, 2.05) is 0 Å². The smallest absolute Gasteiger partial charge is 0.336 e. The average molecular weight is 418 g/mol. The Labute approximate surface area is 181 Å². The van der Waals surface area contributed by atoms with Gasteiger partial charge in [0.05, 0.1) is 11.1 Å². The number of pyridine rings is 1. The van der Waals surface area contributed by atoms with Crippen molar-refractivity contribution < 1.29 is 14.7 Å². The van der Waals surface area contributed by atoms with E-state index in [2.05, 4.69) is 46.3 Å². The Balaban J connectivity index is 1.59. The number of fused-ring (bicyclic) bond motifs is 1. The van der Waals surface area contributed by atoms with Gasteiger partial charge in [-0.2, -0.15) is 0 Å². The molecule has 2 aromatic carbocycles. The van der Waals surface area contributed by atoms with E-state index in [1.54, 1.807) is 31.2 Å². The first kappa shape index (κ1) is 20.7. The molecule has 0 aliphatic carbocycles. The Bertz CT molecular complexity index is 1140. The van der Waals surface area contributed by atoms with E-state index in [1.165, 1.54) is 11.3 Å². The summed E-state index contributed by atoms with van der Waals surface area (Å²) in [6, 6.07) is 15.3. The number of hydrogen-bond acceptors (Lipinski definition) is 5. The highest BCUT2D eigenvalue weighted by molar-refractivity contribution is 6.05. The molecule has 1 fully saturated rings. The van der Waals surface area contributed by atoms with Crippen LogP contribution in [-0.2, 0) is 4.79 Å². The number of carbonyl (C=O) groups is 2. The van der Waals surface area contributed by atoms with Gasteiger partial charge in [-0.1, -0.05) is 19.1 Å². The molecule has 0 radical (unpaired) electrons. The van der Waals surface area contributed by atoms with Crippen LogP contribution in [0.5, 0.6) is 0 Å². The van der Waals surface area contributed by atoms with Crippen molar-refractivity contribution in [1.29, 1.82) is 0 Å². The minimum Gasteiger partial charge on any atom is -0.478 e. The Kier molecular flexibility index (Phi) is 5.75. The molecule has 0 bridgehead atoms. The van der Waals surface area contributed by atoms with Gasteiger partial charge in [-0.3, -0.25) is 4.79 Å². The molecule has 1 aromatic heterocycles. The van der Waals surface area contributed by atoms with Gasteiger partial charge in [0.25, 0.3) is 0 Å². The number of rotatable bonds is 5. The van der Waals surface area contributed by atoms with Crippen molar-refractivity contribution in [3.05, 3.63) is 59.7 Å². The number of nitrogens with one attached hydrogen (secondary N) is 1. The van der Waals surface area contributed by atoms with Gasteiger partial charge in [-0.05, 0) is 48.9 Å². The summed E-state index contributed by atoms with van der Waals surface area (Å²) in [4.78, 5) is 32.9. The first-order chi connectivity index (χ1) is 14.9. The van der Waals surface area contributed by atoms with Crippen LogP contribution in [0.3, 0.4) is 0 Å². The van der Waals surface area contributed by atoms with E-state index in [9.17, 15) is 14.7 Å². The van der Waals surface area contributed by atoms with Gasteiger partial charge in [0.2, 0.25) is 5.91 Å². The molecule has 0 unspecified atom stereocenters. The molecule has 1 saturated heterocycles. The minimum atomic E-state index is -1.01. The maximum absolute atomic E-state index is 12.0. The Morgan fingerprint density at radius 3 is 2.45 bits per heavy atom. The molecule has 1 aliphatic rings. The molecule has 160 valence electrons. The summed E-state index contributed by atoms with van der Waals surface area (Å²) in [5, 5.41) is 13.1. The van der Waals surface area contributed by atoms with Gasteiger partial charge in [0.15, 0.2) is 0 Å². The van der Waals surface area contributed by atoms with Crippen molar-refractivity contribution in [2.24, 2.45) is 0 Å². The number of piperazine rings is 1. The van der Waals surface area contributed by atoms with Crippen molar-refractivity contribution in [3.8, 4) is 0 Å². The van der Waals surface area contributed by atoms with Gasteiger partial charge < -0.3 is 20.2 Å². The summed E-state index contributed by atoms with van der Waals surface area (Å²) >= 11 is 0. The fraction of sp³-hybridized carbons (Fsp3) is 0.292. The maximum atomic E-state index is 12.0. The molecule has 2 heterocycles. The first-order valence-corrected chi connectivity index (χ1v) is 10.5. The van der Waals surface area contributed by atoms with E-state index in [-0.39, 0.29) is 11.5 Å². The number of carboxylic acid groups (broad SMARTS) is 1. The van der Waals surface area contributed by atoms with Gasteiger partial charge in [0, 0.05) is 49.4 Å². The molecule has 1 aliphatic heterocycles. The minimum absolute atomic E-state index is 0.118. The van der Waals surface area contributed by atoms with Crippen molar-refractivity contribution in [2.45, 2.75) is 20.3 Å². The summed E-state index contributed by atoms with van der Waals surface area (Å²) in [6.07, 6.45) is 0.357. The quantitative estimate of drug-likeness (QED) is 0.653. The number of carbonyl (C=O) groups excluding carboxylic acids is 1. The van der Waals surface area contributed by atoms with Crippen molar-refractivity contribution in [2.75, 3.05) is 41.3 Å². The van der Waals surface area contributed by atoms with Crippen LogP contribution in [0.1, 0.15) is 29.3 Å². The number of hydrogen-bond donors (Lipinski definition) is 2. The molecule has 2 N–H and O–H groups in total. The molecular formula is C24H26N4O3. The largest absolute Gasteiger partial charge is 0.478 e. The maximum Gasteiger partial charge on any atom is 0.336 e. The second-order valence-corrected chi connectivity index (χ2v) is 7.78. The molecule has 31 heavy (non-hydrogen) atoms. The molecule has 3 aromatic rings. The van der Waals surface area contributed by atoms with Crippen LogP contribution in [0.15, 0.2) is 48.5 Å². The van der Waals surface area contributed by atoms with Crippen LogP contribution >= 0.6 is 0 Å². The molecule has 7 nitrogen and oxygen atoms in total. The summed E-state index contributed by atoms with van der Waals surface area (Å²) in [6.45, 7) is 7.06. The second kappa shape index (κ2) is 8.63. The third-order valence-corrected chi connectivity index (χ3v) is 5.60. The lowest BCUT2D eigenvalue weighted by Gasteiger charge is -2.37. The van der Waals surface area contributed by atoms with Crippen LogP contribution in [0.4, 0.5) is 17.2 Å². The lowest BCUT2D eigenvalue weighted by Crippen LogP contribution is -2.46. The third kappa shape index (κ3) is 4.45. The van der Waals surface area contributed by atoms with Gasteiger partial charge in [-0.15, -0.1) is 0 Å². The lowest BCUT2D eigenvalue weighted by atomic mass is 10.1. The molecule has 0 spiro atoms. The highest BCUT2D eigenvalue weighted by Crippen LogP contribution is 2.27. The van der Waals surface area contributed by atoms with Crippen LogP contribution in [-0.4, -0.2) is 48.1 Å². The SMILES string of the molecule is CCC(=O)Nc1ccc2nc(N3CCN(c4cccc(C)c4)CC3)cc(C(=O)O)c2c1. The number of carboxylic acids is 1. The van der Waals surface area contributed by atoms with E-state index >= 15 is 0 Å². The standard InChI is InChI=1S/C24H26N4O3/c1-3-23(29)25-17-7-8-21-19(14-17)20(24(30)31)15-22(26-21)28-11-9-27(10-12-28)18-6-4-5-16(2)13-18/h4-8,13-15H,3,9-12H2,1-2H3,(H,25,29)(H,30,31). The number of benzene rings is 2. The van der Waals surface area contributed by atoms with E-state index in [4.69, 9.17) is 4.98 Å². The summed E-state index contributed by atoms with van der Waals surface area (Å²) in [7, 11) is 0. The topological polar surface area (TPSA) is 85.8 Å². The van der Waals surface area contributed by atoms with Crippen LogP contribution < -0.4 is 15.1 Å². The molecule has 1 amide bonds. The third-order valence-electron chi connectivity index (χ3n) is 5.60. The molecule has 0 saturated carbocycles. The van der Waals surface area contributed by atoms with E-state index in [0.29, 0.717) is 28.8 Å². The molecule has 0 atom stereocenters. The number of aryl methyl sites for hydroxylation is 1. The first-order valence-electron chi connectivity index (χ1n) is 10.5. The molecule has 4 rings (SSSR count). The normalized spacial score (nSPS) is 14.0. The number of anilines is 3. The highest BCUT2D eigenvalue weighted by atomic mass is 16.4. The number of aromatic nitrogens is 1. The van der Waals surface area contributed by atoms with Crippen molar-refractivity contribution in [3.63, 3.8) is 0 Å². The number of nitrogens with zero attached hydrogens (tertiary/aromatic N) is 3. The van der Waals surface area contributed by atoms with Gasteiger partial charge in [0.1, 0.15) is 5.82 Å². The Morgan fingerprint density at radius 2 is 1.77 bits per heavy atom. The molecule has 7 heteroatoms. The Hall–Kier alpha value is -3.61. The Morgan fingerprint density at radius 1 is 1.03 bits per heavy atom. The summed E-state index contributed by atoms with van der Waals surface area (Å²) < 4.78 is 0. The summed E-state index contributed by atoms with van der Waals surface area (Å²) in [5.41, 5.74) is 3.80. The molecular weight excluding hydrogens is 392 g/mol. The lowest BCUT2D eigenvalue weighted by molar-refractivity contribution is -0.115. The predicted molar refractivity (Wildman–Crippen MR) is 123 cm³/mol. The monoisotopic (exact) mass is 418 g/mol. The van der Waals surface area contributed by atoms with Crippen molar-refractivity contribution in [1.82, 2.24) is 4.98 Å². The number of aromatic carboxylic acids is 1. The second-order valence-electron chi connectivity index (χ2n) is 7.78. The fourth-order valence-corrected chi connectivity index (χ4v) is 3.90. The average Bonchev–Trinajstić information content (AvgIpc) is 2.78. The van der Waals surface area contributed by atoms with Gasteiger partial charge >= 0.3 is 5.97 Å². The zero-order chi connectivity index (χ0) is 22.0. The van der Waals surface area contributed by atoms with E-state index < -0.39 is 5.97 Å². The van der Waals surface area contributed by atoms with E-state index in [0.717, 1.165) is 26.2 Å². The van der Waals surface area contributed by atoms with Crippen molar-refractivity contribution >= 4 is 40.0 Å². The fourth-order valence-electron chi connectivity index (χ4n) is 3.90. The summed E-state index contributed by atoms with van der Waals surface area (Å²) in [5.74, 6) is -0.461. The zero-order valence-corrected chi connectivity index (χ0v) is 17.8. The predicted octanol–water partition coefficient (Wildman–Crippen LogP) is 3.92. The highest BCUT2D eigenvalue weighted by Gasteiger charge is 2.21. The number of amides is 1. The van der Waals surface area contributed by atoms with Crippen LogP contribution in [0.25, 0.3) is 10.9 Å². The van der Waals surface area contributed by atoms with Crippen LogP contribution in [0, 0.1) is 6.92 Å².